The zero-order valence-corrected chi connectivity index (χ0v) is 18.7. The van der Waals surface area contributed by atoms with Gasteiger partial charge in [-0.3, -0.25) is 14.9 Å². The van der Waals surface area contributed by atoms with E-state index in [1.54, 1.807) is 34.2 Å². The van der Waals surface area contributed by atoms with E-state index in [9.17, 15) is 14.9 Å². The second-order valence-corrected chi connectivity index (χ2v) is 8.39. The van der Waals surface area contributed by atoms with Crippen molar-refractivity contribution in [3.63, 3.8) is 0 Å². The third kappa shape index (κ3) is 4.21. The minimum absolute atomic E-state index is 0.210. The summed E-state index contributed by atoms with van der Waals surface area (Å²) in [6.45, 7) is 1.95. The second-order valence-electron chi connectivity index (χ2n) is 7.44. The fourth-order valence-corrected chi connectivity index (χ4v) is 4.16. The van der Waals surface area contributed by atoms with Crippen molar-refractivity contribution < 1.29 is 14.5 Å². The van der Waals surface area contributed by atoms with Gasteiger partial charge in [-0.1, -0.05) is 23.8 Å². The first-order valence-corrected chi connectivity index (χ1v) is 11.1. The zero-order chi connectivity index (χ0) is 23.7. The summed E-state index contributed by atoms with van der Waals surface area (Å²) >= 11 is 1.55. The minimum Gasteiger partial charge on any atom is -0.457 e. The average molecular weight is 471 g/mol. The van der Waals surface area contributed by atoms with E-state index >= 15 is 0 Å². The van der Waals surface area contributed by atoms with Gasteiger partial charge in [0.2, 0.25) is 0 Å². The number of hydrogen-bond donors (Lipinski definition) is 1. The number of aromatic nitrogens is 3. The van der Waals surface area contributed by atoms with Crippen LogP contribution in [0.1, 0.15) is 15.9 Å². The number of aryl methyl sites for hydroxylation is 1. The molecule has 0 radical (unpaired) electrons. The molecular formula is C24H17N5O4S. The van der Waals surface area contributed by atoms with E-state index in [1.807, 2.05) is 42.6 Å². The van der Waals surface area contributed by atoms with Crippen LogP contribution in [0.25, 0.3) is 16.2 Å². The molecule has 0 aliphatic rings. The summed E-state index contributed by atoms with van der Waals surface area (Å²) in [4.78, 5) is 29.3. The summed E-state index contributed by atoms with van der Waals surface area (Å²) < 4.78 is 7.38. The third-order valence-corrected chi connectivity index (χ3v) is 5.93. The van der Waals surface area contributed by atoms with Gasteiger partial charge in [-0.2, -0.15) is 5.10 Å². The number of thiophene rings is 1. The Bertz CT molecular complexity index is 1510. The predicted molar refractivity (Wildman–Crippen MR) is 129 cm³/mol. The standard InChI is InChI=1S/C24H17N5O4S/c1-15-4-6-18(7-5-15)33-19-12-16(11-17(13-19)29(31)32)27-24(30)20-14-26-28-21(8-9-25-23(20)28)22-3-2-10-34-22/h2-14H,1H3,(H,27,30). The van der Waals surface area contributed by atoms with Gasteiger partial charge in [0.25, 0.3) is 11.6 Å². The van der Waals surface area contributed by atoms with E-state index < -0.39 is 10.8 Å². The number of nitro groups is 1. The van der Waals surface area contributed by atoms with E-state index in [0.717, 1.165) is 16.1 Å². The summed E-state index contributed by atoms with van der Waals surface area (Å²) in [6.07, 6.45) is 3.04. The summed E-state index contributed by atoms with van der Waals surface area (Å²) in [5.41, 5.74) is 2.50. The molecule has 34 heavy (non-hydrogen) atoms. The number of amides is 1. The highest BCUT2D eigenvalue weighted by Gasteiger charge is 2.19. The number of nitro benzene ring substituents is 1. The predicted octanol–water partition coefficient (Wildman–Crippen LogP) is 5.72. The van der Waals surface area contributed by atoms with E-state index in [4.69, 9.17) is 4.74 Å². The van der Waals surface area contributed by atoms with Crippen LogP contribution < -0.4 is 10.1 Å². The summed E-state index contributed by atoms with van der Waals surface area (Å²) in [5, 5.41) is 20.5. The number of carbonyl (C=O) groups is 1. The minimum atomic E-state index is -0.540. The van der Waals surface area contributed by atoms with Crippen LogP contribution in [0.5, 0.6) is 11.5 Å². The maximum atomic E-state index is 13.1. The normalized spacial score (nSPS) is 10.9. The number of hydrogen-bond acceptors (Lipinski definition) is 7. The molecule has 5 aromatic rings. The van der Waals surface area contributed by atoms with Crippen molar-refractivity contribution in [2.24, 2.45) is 0 Å². The van der Waals surface area contributed by atoms with Gasteiger partial charge in [0.15, 0.2) is 5.65 Å². The van der Waals surface area contributed by atoms with Crippen molar-refractivity contribution >= 4 is 34.3 Å². The molecule has 0 saturated carbocycles. The Labute approximate surface area is 197 Å². The molecule has 0 bridgehead atoms. The highest BCUT2D eigenvalue weighted by molar-refractivity contribution is 7.13. The van der Waals surface area contributed by atoms with Gasteiger partial charge in [0, 0.05) is 18.3 Å². The fraction of sp³-hybridized carbons (Fsp3) is 0.0417. The Hall–Kier alpha value is -4.57. The van der Waals surface area contributed by atoms with E-state index in [-0.39, 0.29) is 22.7 Å². The van der Waals surface area contributed by atoms with Crippen LogP contribution in [0.2, 0.25) is 0 Å². The van der Waals surface area contributed by atoms with Gasteiger partial charge in [0.05, 0.1) is 33.4 Å². The number of nitrogens with zero attached hydrogens (tertiary/aromatic N) is 4. The van der Waals surface area contributed by atoms with Crippen molar-refractivity contribution in [1.82, 2.24) is 14.6 Å². The van der Waals surface area contributed by atoms with Gasteiger partial charge >= 0.3 is 0 Å². The van der Waals surface area contributed by atoms with Crippen LogP contribution in [-0.2, 0) is 0 Å². The molecule has 168 valence electrons. The molecule has 2 aromatic carbocycles. The first kappa shape index (κ1) is 21.3. The number of fused-ring (bicyclic) bond motifs is 1. The largest absolute Gasteiger partial charge is 0.457 e. The molecular weight excluding hydrogens is 454 g/mol. The lowest BCUT2D eigenvalue weighted by molar-refractivity contribution is -0.384. The average Bonchev–Trinajstić information content (AvgIpc) is 3.50. The molecule has 1 amide bonds. The smallest absolute Gasteiger partial charge is 0.275 e. The van der Waals surface area contributed by atoms with E-state index in [1.165, 1.54) is 24.4 Å². The number of carbonyl (C=O) groups excluding carboxylic acids is 1. The number of anilines is 1. The quantitative estimate of drug-likeness (QED) is 0.250. The Kier molecular flexibility index (Phi) is 5.48. The lowest BCUT2D eigenvalue weighted by atomic mass is 10.2. The van der Waals surface area contributed by atoms with Gasteiger partial charge in [-0.15, -0.1) is 11.3 Å². The molecule has 1 N–H and O–H groups in total. The molecule has 0 fully saturated rings. The van der Waals surface area contributed by atoms with Crippen LogP contribution in [-0.4, -0.2) is 25.4 Å². The number of rotatable bonds is 6. The maximum Gasteiger partial charge on any atom is 0.275 e. The first-order valence-electron chi connectivity index (χ1n) is 10.2. The van der Waals surface area contributed by atoms with Gasteiger partial charge < -0.3 is 10.1 Å². The Balaban J connectivity index is 1.46. The van der Waals surface area contributed by atoms with Crippen molar-refractivity contribution in [3.8, 4) is 22.1 Å². The lowest BCUT2D eigenvalue weighted by Gasteiger charge is -2.09. The molecule has 3 aromatic heterocycles. The Morgan fingerprint density at radius 2 is 1.94 bits per heavy atom. The number of nitrogens with one attached hydrogen (secondary N) is 1. The molecule has 0 aliphatic carbocycles. The van der Waals surface area contributed by atoms with Crippen LogP contribution >= 0.6 is 11.3 Å². The molecule has 5 rings (SSSR count). The molecule has 0 aliphatic heterocycles. The van der Waals surface area contributed by atoms with Crippen molar-refractivity contribution in [2.75, 3.05) is 5.32 Å². The summed E-state index contributed by atoms with van der Waals surface area (Å²) in [5.74, 6) is 0.259. The molecule has 0 unspecified atom stereocenters. The molecule has 0 saturated heterocycles. The van der Waals surface area contributed by atoms with E-state index in [2.05, 4.69) is 15.4 Å². The van der Waals surface area contributed by atoms with Crippen LogP contribution in [0.15, 0.2) is 78.4 Å². The van der Waals surface area contributed by atoms with Crippen LogP contribution in [0.4, 0.5) is 11.4 Å². The Morgan fingerprint density at radius 1 is 1.12 bits per heavy atom. The molecule has 9 nitrogen and oxygen atoms in total. The van der Waals surface area contributed by atoms with Crippen LogP contribution in [0.3, 0.4) is 0 Å². The van der Waals surface area contributed by atoms with E-state index in [0.29, 0.717) is 11.4 Å². The van der Waals surface area contributed by atoms with Gasteiger partial charge in [-0.05, 0) is 36.6 Å². The number of benzene rings is 2. The molecule has 10 heteroatoms. The monoisotopic (exact) mass is 471 g/mol. The number of non-ortho nitro benzene ring substituents is 1. The van der Waals surface area contributed by atoms with Crippen LogP contribution in [0, 0.1) is 17.0 Å². The first-order chi connectivity index (χ1) is 16.5. The third-order valence-electron chi connectivity index (χ3n) is 5.04. The molecule has 3 heterocycles. The SMILES string of the molecule is Cc1ccc(Oc2cc(NC(=O)c3cnn4c(-c5cccs5)ccnc34)cc([N+](=O)[O-])c2)cc1. The van der Waals surface area contributed by atoms with Crippen molar-refractivity contribution in [2.45, 2.75) is 6.92 Å². The van der Waals surface area contributed by atoms with Crippen molar-refractivity contribution in [1.29, 1.82) is 0 Å². The topological polar surface area (TPSA) is 112 Å². The summed E-state index contributed by atoms with van der Waals surface area (Å²) in [7, 11) is 0. The molecule has 0 atom stereocenters. The molecule has 0 spiro atoms. The maximum absolute atomic E-state index is 13.1. The van der Waals surface area contributed by atoms with Gasteiger partial charge in [0.1, 0.15) is 17.1 Å². The highest BCUT2D eigenvalue weighted by Crippen LogP contribution is 2.31. The number of ether oxygens (including phenoxy) is 1. The van der Waals surface area contributed by atoms with Gasteiger partial charge in [-0.25, -0.2) is 9.50 Å². The second kappa shape index (κ2) is 8.75. The summed E-state index contributed by atoms with van der Waals surface area (Å²) in [6, 6.07) is 17.1. The highest BCUT2D eigenvalue weighted by atomic mass is 32.1. The fourth-order valence-electron chi connectivity index (χ4n) is 3.42. The zero-order valence-electron chi connectivity index (χ0n) is 17.8. The Morgan fingerprint density at radius 3 is 2.68 bits per heavy atom. The lowest BCUT2D eigenvalue weighted by Crippen LogP contribution is -2.12. The van der Waals surface area contributed by atoms with Crippen molar-refractivity contribution in [3.05, 3.63) is 99.7 Å².